The molecule has 1 atom stereocenters. The fraction of sp³-hybridized carbons (Fsp3) is 0.579. The molecule has 0 spiro atoms. The number of carbonyl (C=O) groups excluding carboxylic acids is 2. The van der Waals surface area contributed by atoms with Gasteiger partial charge in [-0.2, -0.15) is 0 Å². The van der Waals surface area contributed by atoms with Crippen LogP contribution in [-0.4, -0.2) is 74.1 Å². The van der Waals surface area contributed by atoms with Crippen molar-refractivity contribution in [2.24, 2.45) is 5.92 Å². The van der Waals surface area contributed by atoms with E-state index in [1.165, 1.54) is 0 Å². The number of rotatable bonds is 5. The monoisotopic (exact) mass is 379 g/mol. The Balaban J connectivity index is 1.45. The van der Waals surface area contributed by atoms with Crippen molar-refractivity contribution < 1.29 is 14.3 Å². The minimum atomic E-state index is -0.142. The maximum absolute atomic E-state index is 12.4. The second-order valence-corrected chi connectivity index (χ2v) is 7.33. The minimum absolute atomic E-state index is 0.142. The third-order valence-corrected chi connectivity index (χ3v) is 5.33. The molecule has 3 rings (SSSR count). The lowest BCUT2D eigenvalue weighted by Gasteiger charge is -2.34. The van der Waals surface area contributed by atoms with Gasteiger partial charge in [-0.1, -0.05) is 23.7 Å². The first-order valence-electron chi connectivity index (χ1n) is 9.24. The number of hydrogen-bond donors (Lipinski definition) is 1. The van der Waals surface area contributed by atoms with Gasteiger partial charge in [0.15, 0.2) is 0 Å². The second-order valence-electron chi connectivity index (χ2n) is 6.93. The highest BCUT2D eigenvalue weighted by Crippen LogP contribution is 2.18. The van der Waals surface area contributed by atoms with E-state index in [0.29, 0.717) is 55.9 Å². The van der Waals surface area contributed by atoms with Gasteiger partial charge in [0, 0.05) is 26.2 Å². The van der Waals surface area contributed by atoms with Crippen molar-refractivity contribution in [3.8, 4) is 0 Å². The van der Waals surface area contributed by atoms with E-state index < -0.39 is 0 Å². The van der Waals surface area contributed by atoms with E-state index in [1.807, 2.05) is 11.0 Å². The Bertz CT molecular complexity index is 634. The zero-order chi connectivity index (χ0) is 18.4. The van der Waals surface area contributed by atoms with Crippen molar-refractivity contribution in [3.63, 3.8) is 0 Å². The summed E-state index contributed by atoms with van der Waals surface area (Å²) in [5, 5.41) is 3.45. The first kappa shape index (κ1) is 19.1. The molecule has 0 aromatic heterocycles. The third-order valence-electron chi connectivity index (χ3n) is 5.00. The second kappa shape index (κ2) is 9.35. The van der Waals surface area contributed by atoms with Crippen LogP contribution < -0.4 is 5.32 Å². The molecule has 2 saturated heterocycles. The van der Waals surface area contributed by atoms with Crippen LogP contribution in [0.4, 0.5) is 0 Å². The number of likely N-dealkylation sites (tertiary alicyclic amines) is 1. The Morgan fingerprint density at radius 3 is 2.73 bits per heavy atom. The molecule has 1 aromatic rings. The topological polar surface area (TPSA) is 61.9 Å². The lowest BCUT2D eigenvalue weighted by Crippen LogP contribution is -2.48. The normalized spacial score (nSPS) is 21.4. The van der Waals surface area contributed by atoms with E-state index in [1.54, 1.807) is 18.2 Å². The number of ether oxygens (including phenoxy) is 1. The summed E-state index contributed by atoms with van der Waals surface area (Å²) in [5.74, 6) is 0.388. The largest absolute Gasteiger partial charge is 0.378 e. The smallest absolute Gasteiger partial charge is 0.252 e. The molecule has 0 bridgehead atoms. The highest BCUT2D eigenvalue weighted by atomic mass is 35.5. The van der Waals surface area contributed by atoms with E-state index in [0.717, 1.165) is 25.9 Å². The first-order chi connectivity index (χ1) is 12.6. The Morgan fingerprint density at radius 2 is 1.96 bits per heavy atom. The van der Waals surface area contributed by atoms with Gasteiger partial charge in [-0.15, -0.1) is 0 Å². The van der Waals surface area contributed by atoms with Crippen molar-refractivity contribution in [2.45, 2.75) is 12.8 Å². The summed E-state index contributed by atoms with van der Waals surface area (Å²) >= 11 is 6.07. The summed E-state index contributed by atoms with van der Waals surface area (Å²) in [4.78, 5) is 28.8. The van der Waals surface area contributed by atoms with Crippen molar-refractivity contribution in [3.05, 3.63) is 34.9 Å². The molecule has 1 aromatic carbocycles. The molecule has 0 radical (unpaired) electrons. The fourth-order valence-electron chi connectivity index (χ4n) is 3.54. The van der Waals surface area contributed by atoms with Gasteiger partial charge in [-0.05, 0) is 37.4 Å². The van der Waals surface area contributed by atoms with Gasteiger partial charge >= 0.3 is 0 Å². The fourth-order valence-corrected chi connectivity index (χ4v) is 3.76. The molecular formula is C19H26ClN3O3. The highest BCUT2D eigenvalue weighted by molar-refractivity contribution is 6.33. The van der Waals surface area contributed by atoms with Crippen LogP contribution in [0.25, 0.3) is 0 Å². The average molecular weight is 380 g/mol. The van der Waals surface area contributed by atoms with Gasteiger partial charge in [0.1, 0.15) is 0 Å². The van der Waals surface area contributed by atoms with E-state index in [4.69, 9.17) is 16.3 Å². The molecule has 1 unspecified atom stereocenters. The molecule has 142 valence electrons. The molecule has 26 heavy (non-hydrogen) atoms. The number of piperidine rings is 1. The van der Waals surface area contributed by atoms with Crippen LogP contribution in [-0.2, 0) is 9.53 Å². The Hall–Kier alpha value is -1.63. The van der Waals surface area contributed by atoms with Crippen LogP contribution in [0.3, 0.4) is 0 Å². The van der Waals surface area contributed by atoms with Crippen LogP contribution in [0.5, 0.6) is 0 Å². The summed E-state index contributed by atoms with van der Waals surface area (Å²) < 4.78 is 5.30. The van der Waals surface area contributed by atoms with Crippen LogP contribution in [0.2, 0.25) is 5.02 Å². The van der Waals surface area contributed by atoms with E-state index >= 15 is 0 Å². The van der Waals surface area contributed by atoms with Gasteiger partial charge in [0.25, 0.3) is 5.91 Å². The quantitative estimate of drug-likeness (QED) is 0.844. The van der Waals surface area contributed by atoms with Crippen LogP contribution >= 0.6 is 11.6 Å². The number of benzene rings is 1. The summed E-state index contributed by atoms with van der Waals surface area (Å²) in [6, 6.07) is 7.06. The molecular weight excluding hydrogens is 354 g/mol. The van der Waals surface area contributed by atoms with Gasteiger partial charge in [-0.25, -0.2) is 0 Å². The first-order valence-corrected chi connectivity index (χ1v) is 9.62. The predicted octanol–water partition coefficient (Wildman–Crippen LogP) is 1.64. The Labute approximate surface area is 159 Å². The third kappa shape index (κ3) is 5.19. The average Bonchev–Trinajstić information content (AvgIpc) is 2.67. The van der Waals surface area contributed by atoms with Gasteiger partial charge < -0.3 is 15.0 Å². The minimum Gasteiger partial charge on any atom is -0.378 e. The maximum Gasteiger partial charge on any atom is 0.252 e. The highest BCUT2D eigenvalue weighted by Gasteiger charge is 2.25. The molecule has 0 saturated carbocycles. The Morgan fingerprint density at radius 1 is 1.19 bits per heavy atom. The molecule has 2 heterocycles. The standard InChI is InChI=1S/C19H26ClN3O3/c20-17-6-2-1-5-16(17)19(25)21-12-15-4-3-7-22(13-15)14-18(24)23-8-10-26-11-9-23/h1-2,5-6,15H,3-4,7-14H2,(H,21,25). The number of nitrogens with one attached hydrogen (secondary N) is 1. The molecule has 2 aliphatic rings. The van der Waals surface area contributed by atoms with Gasteiger partial charge in [0.2, 0.25) is 5.91 Å². The van der Waals surface area contributed by atoms with Gasteiger partial charge in [-0.3, -0.25) is 14.5 Å². The molecule has 6 nitrogen and oxygen atoms in total. The van der Waals surface area contributed by atoms with Crippen LogP contribution in [0.1, 0.15) is 23.2 Å². The van der Waals surface area contributed by atoms with Crippen LogP contribution in [0, 0.1) is 5.92 Å². The number of amides is 2. The van der Waals surface area contributed by atoms with Crippen molar-refractivity contribution in [1.29, 1.82) is 0 Å². The number of nitrogens with zero attached hydrogens (tertiary/aromatic N) is 2. The number of carbonyl (C=O) groups is 2. The summed E-state index contributed by atoms with van der Waals surface area (Å²) in [6.07, 6.45) is 2.11. The van der Waals surface area contributed by atoms with Crippen molar-refractivity contribution in [2.75, 3.05) is 52.5 Å². The molecule has 7 heteroatoms. The lowest BCUT2D eigenvalue weighted by atomic mass is 9.97. The molecule has 0 aliphatic carbocycles. The zero-order valence-electron chi connectivity index (χ0n) is 15.0. The van der Waals surface area contributed by atoms with Crippen molar-refractivity contribution in [1.82, 2.24) is 15.1 Å². The molecule has 1 N–H and O–H groups in total. The van der Waals surface area contributed by atoms with Gasteiger partial charge in [0.05, 0.1) is 30.3 Å². The lowest BCUT2D eigenvalue weighted by molar-refractivity contribution is -0.136. The maximum atomic E-state index is 12.4. The molecule has 2 fully saturated rings. The summed E-state index contributed by atoms with van der Waals surface area (Å²) in [6.45, 7) is 5.45. The van der Waals surface area contributed by atoms with Crippen LogP contribution in [0.15, 0.2) is 24.3 Å². The van der Waals surface area contributed by atoms with Crippen molar-refractivity contribution >= 4 is 23.4 Å². The summed E-state index contributed by atoms with van der Waals surface area (Å²) in [5.41, 5.74) is 0.504. The van der Waals surface area contributed by atoms with E-state index in [-0.39, 0.29) is 11.8 Å². The SMILES string of the molecule is O=C(NCC1CCCN(CC(=O)N2CCOCC2)C1)c1ccccc1Cl. The molecule has 2 aliphatic heterocycles. The number of morpholine rings is 1. The van der Waals surface area contributed by atoms with E-state index in [9.17, 15) is 9.59 Å². The zero-order valence-corrected chi connectivity index (χ0v) is 15.7. The Kier molecular flexibility index (Phi) is 6.88. The van der Waals surface area contributed by atoms with E-state index in [2.05, 4.69) is 10.2 Å². The number of hydrogen-bond acceptors (Lipinski definition) is 4. The predicted molar refractivity (Wildman–Crippen MR) is 100 cm³/mol. The number of halogens is 1. The molecule has 2 amide bonds. The summed E-state index contributed by atoms with van der Waals surface area (Å²) in [7, 11) is 0.